The summed E-state index contributed by atoms with van der Waals surface area (Å²) in [7, 11) is 1.44. The molecule has 0 aliphatic heterocycles. The molecule has 5 rings (SSSR count). The third-order valence-electron chi connectivity index (χ3n) is 5.78. The molecule has 4 aromatic rings. The molecule has 0 spiro atoms. The van der Waals surface area contributed by atoms with Crippen LogP contribution in [0.5, 0.6) is 0 Å². The van der Waals surface area contributed by atoms with Crippen LogP contribution in [0.25, 0.3) is 27.8 Å². The van der Waals surface area contributed by atoms with Gasteiger partial charge in [0.2, 0.25) is 5.78 Å². The number of carbonyl (C=O) groups is 2. The first-order valence-corrected chi connectivity index (χ1v) is 10.4. The Morgan fingerprint density at radius 2 is 1.09 bits per heavy atom. The van der Waals surface area contributed by atoms with E-state index in [1.54, 1.807) is 18.2 Å². The number of ether oxygens (including phenoxy) is 1. The molecule has 0 atom stereocenters. The second kappa shape index (κ2) is 8.12. The van der Waals surface area contributed by atoms with Crippen LogP contribution < -0.4 is 0 Å². The molecule has 0 saturated carbocycles. The van der Waals surface area contributed by atoms with E-state index >= 15 is 0 Å². The summed E-state index contributed by atoms with van der Waals surface area (Å²) in [6.07, 6.45) is 0. The maximum atomic E-state index is 13.5. The lowest BCUT2D eigenvalue weighted by Crippen LogP contribution is -2.18. The van der Waals surface area contributed by atoms with Crippen LogP contribution in [0.3, 0.4) is 0 Å². The highest BCUT2D eigenvalue weighted by molar-refractivity contribution is 6.38. The molecule has 3 heteroatoms. The van der Waals surface area contributed by atoms with Gasteiger partial charge in [0.15, 0.2) is 11.5 Å². The van der Waals surface area contributed by atoms with Gasteiger partial charge in [0.25, 0.3) is 0 Å². The van der Waals surface area contributed by atoms with Gasteiger partial charge in [-0.2, -0.15) is 0 Å². The van der Waals surface area contributed by atoms with Crippen molar-refractivity contribution in [3.05, 3.63) is 126 Å². The Bertz CT molecular complexity index is 1360. The van der Waals surface area contributed by atoms with Crippen LogP contribution in [0, 0.1) is 0 Å². The summed E-state index contributed by atoms with van der Waals surface area (Å²) in [5.41, 5.74) is 5.93. The van der Waals surface area contributed by atoms with Gasteiger partial charge in [-0.25, -0.2) is 0 Å². The predicted molar refractivity (Wildman–Crippen MR) is 126 cm³/mol. The van der Waals surface area contributed by atoms with Gasteiger partial charge in [-0.1, -0.05) is 103 Å². The molecule has 0 radical (unpaired) electrons. The Hall–Kier alpha value is -4.24. The third-order valence-corrected chi connectivity index (χ3v) is 5.78. The summed E-state index contributed by atoms with van der Waals surface area (Å²) in [5.74, 6) is -0.459. The third kappa shape index (κ3) is 3.25. The van der Waals surface area contributed by atoms with E-state index in [4.69, 9.17) is 4.74 Å². The minimum atomic E-state index is -0.315. The normalized spacial score (nSPS) is 13.7. The molecular weight excluding hydrogens is 396 g/mol. The number of hydrogen-bond acceptors (Lipinski definition) is 3. The smallest absolute Gasteiger partial charge is 0.228 e. The molecule has 0 N–H and O–H groups in total. The van der Waals surface area contributed by atoms with Crippen molar-refractivity contribution >= 4 is 17.1 Å². The molecule has 4 aromatic carbocycles. The Balaban J connectivity index is 1.62. The number of fused-ring (bicyclic) bond motifs is 3. The predicted octanol–water partition coefficient (Wildman–Crippen LogP) is 6.46. The van der Waals surface area contributed by atoms with Crippen LogP contribution >= 0.6 is 0 Å². The molecule has 0 heterocycles. The Labute approximate surface area is 186 Å². The number of Topliss-reactive ketones (excluding diaryl/α,β-unsaturated/α-hetero) is 2. The van der Waals surface area contributed by atoms with Crippen LogP contribution in [0.1, 0.15) is 26.3 Å². The molecule has 1 aliphatic carbocycles. The van der Waals surface area contributed by atoms with Crippen LogP contribution in [0.4, 0.5) is 0 Å². The first kappa shape index (κ1) is 19.7. The summed E-state index contributed by atoms with van der Waals surface area (Å²) in [6.45, 7) is 0. The Morgan fingerprint density at radius 1 is 0.594 bits per heavy atom. The van der Waals surface area contributed by atoms with Gasteiger partial charge in [0.1, 0.15) is 0 Å². The second-order valence-electron chi connectivity index (χ2n) is 7.60. The van der Waals surface area contributed by atoms with Crippen LogP contribution in [-0.4, -0.2) is 18.7 Å². The van der Waals surface area contributed by atoms with Crippen molar-refractivity contribution < 1.29 is 14.3 Å². The SMILES string of the molecule is CO/C(C(=O)c1ccc(-c2ccccc2)cc1)=C1/C(=O)c2ccccc2-c2ccccc21. The maximum Gasteiger partial charge on any atom is 0.228 e. The van der Waals surface area contributed by atoms with Crippen LogP contribution in [0.15, 0.2) is 109 Å². The number of hydrogen-bond donors (Lipinski definition) is 0. The summed E-state index contributed by atoms with van der Waals surface area (Å²) in [4.78, 5) is 26.9. The highest BCUT2D eigenvalue weighted by Crippen LogP contribution is 2.41. The van der Waals surface area contributed by atoms with Gasteiger partial charge in [0.05, 0.1) is 12.7 Å². The van der Waals surface area contributed by atoms with Crippen LogP contribution in [-0.2, 0) is 4.74 Å². The number of rotatable bonds is 4. The maximum absolute atomic E-state index is 13.5. The van der Waals surface area contributed by atoms with Crippen molar-refractivity contribution in [3.63, 3.8) is 0 Å². The van der Waals surface area contributed by atoms with Crippen molar-refractivity contribution in [3.8, 4) is 22.3 Å². The first-order chi connectivity index (χ1) is 15.7. The molecule has 0 saturated heterocycles. The first-order valence-electron chi connectivity index (χ1n) is 10.4. The average molecular weight is 416 g/mol. The van der Waals surface area contributed by atoms with Crippen molar-refractivity contribution in [2.24, 2.45) is 0 Å². The standard InChI is InChI=1S/C29H20O3/c1-32-29(27(30)21-17-15-20(16-18-21)19-9-3-2-4-10-19)26-24-13-7-5-11-22(24)23-12-6-8-14-25(23)28(26)31/h2-18H,1H3/b29-26+. The zero-order valence-electron chi connectivity index (χ0n) is 17.5. The molecule has 0 aromatic heterocycles. The molecule has 3 nitrogen and oxygen atoms in total. The lowest BCUT2D eigenvalue weighted by molar-refractivity contribution is 0.0943. The van der Waals surface area contributed by atoms with E-state index in [0.717, 1.165) is 22.3 Å². The molecule has 0 amide bonds. The largest absolute Gasteiger partial charge is 0.492 e. The number of carbonyl (C=O) groups excluding carboxylic acids is 2. The highest BCUT2D eigenvalue weighted by atomic mass is 16.5. The van der Waals surface area contributed by atoms with Gasteiger partial charge < -0.3 is 4.74 Å². The number of allylic oxidation sites excluding steroid dienone is 2. The lowest BCUT2D eigenvalue weighted by atomic mass is 9.80. The van der Waals surface area contributed by atoms with E-state index in [1.165, 1.54) is 7.11 Å². The molecule has 0 fully saturated rings. The van der Waals surface area contributed by atoms with Gasteiger partial charge in [-0.05, 0) is 27.8 Å². The topological polar surface area (TPSA) is 43.4 Å². The molecule has 32 heavy (non-hydrogen) atoms. The average Bonchev–Trinajstić information content (AvgIpc) is 2.87. The molecule has 0 bridgehead atoms. The fourth-order valence-corrected chi connectivity index (χ4v) is 4.22. The molecule has 0 unspecified atom stereocenters. The summed E-state index contributed by atoms with van der Waals surface area (Å²) in [5, 5.41) is 0. The molecular formula is C29H20O3. The summed E-state index contributed by atoms with van der Waals surface area (Å²) >= 11 is 0. The number of ketones is 2. The fourth-order valence-electron chi connectivity index (χ4n) is 4.22. The van der Waals surface area contributed by atoms with E-state index in [2.05, 4.69) is 0 Å². The van der Waals surface area contributed by atoms with Crippen LogP contribution in [0.2, 0.25) is 0 Å². The van der Waals surface area contributed by atoms with Crippen molar-refractivity contribution in [1.29, 1.82) is 0 Å². The van der Waals surface area contributed by atoms with Gasteiger partial charge >= 0.3 is 0 Å². The van der Waals surface area contributed by atoms with E-state index in [9.17, 15) is 9.59 Å². The lowest BCUT2D eigenvalue weighted by Gasteiger charge is -2.23. The molecule has 1 aliphatic rings. The molecule has 154 valence electrons. The summed E-state index contributed by atoms with van der Waals surface area (Å²) in [6, 6.07) is 32.4. The summed E-state index contributed by atoms with van der Waals surface area (Å²) < 4.78 is 5.57. The van der Waals surface area contributed by atoms with E-state index in [0.29, 0.717) is 22.3 Å². The van der Waals surface area contributed by atoms with Crippen molar-refractivity contribution in [2.45, 2.75) is 0 Å². The van der Waals surface area contributed by atoms with Gasteiger partial charge in [0, 0.05) is 11.1 Å². The number of methoxy groups -OCH3 is 1. The minimum Gasteiger partial charge on any atom is -0.492 e. The van der Waals surface area contributed by atoms with E-state index in [1.807, 2.05) is 84.9 Å². The minimum absolute atomic E-state index is 0.0596. The Morgan fingerprint density at radius 3 is 1.72 bits per heavy atom. The Kier molecular flexibility index (Phi) is 5.00. The van der Waals surface area contributed by atoms with Crippen molar-refractivity contribution in [2.75, 3.05) is 7.11 Å². The monoisotopic (exact) mass is 416 g/mol. The van der Waals surface area contributed by atoms with Gasteiger partial charge in [-0.15, -0.1) is 0 Å². The van der Waals surface area contributed by atoms with E-state index < -0.39 is 0 Å². The van der Waals surface area contributed by atoms with E-state index in [-0.39, 0.29) is 17.3 Å². The zero-order chi connectivity index (χ0) is 22.1. The van der Waals surface area contributed by atoms with Crippen molar-refractivity contribution in [1.82, 2.24) is 0 Å². The highest BCUT2D eigenvalue weighted by Gasteiger charge is 2.32. The van der Waals surface area contributed by atoms with Gasteiger partial charge in [-0.3, -0.25) is 9.59 Å². The second-order valence-corrected chi connectivity index (χ2v) is 7.60. The fraction of sp³-hybridized carbons (Fsp3) is 0.0345. The zero-order valence-corrected chi connectivity index (χ0v) is 17.5. The quantitative estimate of drug-likeness (QED) is 0.218. The number of benzene rings is 4.